The molecule has 0 aliphatic carbocycles. The van der Waals surface area contributed by atoms with Crippen molar-refractivity contribution in [3.8, 4) is 11.5 Å². The van der Waals surface area contributed by atoms with Crippen LogP contribution >= 0.6 is 0 Å². The number of morpholine rings is 1. The van der Waals surface area contributed by atoms with Gasteiger partial charge in [0.1, 0.15) is 24.3 Å². The number of ether oxygens (including phenoxy) is 3. The number of alkyl halides is 1. The van der Waals surface area contributed by atoms with Crippen molar-refractivity contribution in [3.63, 3.8) is 0 Å². The normalized spacial score (nSPS) is 18.3. The van der Waals surface area contributed by atoms with E-state index in [1.165, 1.54) is 0 Å². The number of likely N-dealkylation sites (tertiary alicyclic amines) is 1. The van der Waals surface area contributed by atoms with Gasteiger partial charge in [0.2, 0.25) is 0 Å². The topological polar surface area (TPSA) is 84.4 Å². The number of aromatic nitrogens is 1. The standard InChI is InChI=1S/C32H37F4N3O5/c1-42-22-2-3-28-24(16-22)29(21(19-37-28)20-39-10-13-43-14-11-39)25(33)4-5-32(31(40)41)6-8-38(9-7-32)12-15-44-23-17-26(34)30(36)27(35)18-23/h2-3,16-19,25H,4-15,20H2,1H3,(H,40,41). The molecule has 238 valence electrons. The van der Waals surface area contributed by atoms with Crippen LogP contribution in [-0.4, -0.2) is 85.5 Å². The number of halogens is 4. The van der Waals surface area contributed by atoms with E-state index in [1.54, 1.807) is 31.5 Å². The lowest BCUT2D eigenvalue weighted by Gasteiger charge is -2.39. The molecule has 2 aliphatic heterocycles. The Balaban J connectivity index is 1.25. The van der Waals surface area contributed by atoms with Crippen molar-refractivity contribution >= 4 is 16.9 Å². The van der Waals surface area contributed by atoms with E-state index in [1.807, 2.05) is 4.90 Å². The summed E-state index contributed by atoms with van der Waals surface area (Å²) >= 11 is 0. The zero-order chi connectivity index (χ0) is 31.3. The molecule has 2 aromatic carbocycles. The molecule has 3 aromatic rings. The number of aliphatic carboxylic acids is 1. The number of pyridine rings is 1. The maximum absolute atomic E-state index is 16.4. The van der Waals surface area contributed by atoms with Gasteiger partial charge in [0.05, 0.1) is 31.3 Å². The van der Waals surface area contributed by atoms with E-state index < -0.39 is 35.0 Å². The average molecular weight is 620 g/mol. The van der Waals surface area contributed by atoms with Crippen LogP contribution in [0.3, 0.4) is 0 Å². The number of nitrogens with zero attached hydrogens (tertiary/aromatic N) is 3. The van der Waals surface area contributed by atoms with E-state index in [2.05, 4.69) is 9.88 Å². The molecule has 1 N–H and O–H groups in total. The predicted octanol–water partition coefficient (Wildman–Crippen LogP) is 5.53. The molecular weight excluding hydrogens is 582 g/mol. The summed E-state index contributed by atoms with van der Waals surface area (Å²) in [6, 6.07) is 6.93. The van der Waals surface area contributed by atoms with Crippen LogP contribution in [0.1, 0.15) is 43.0 Å². The predicted molar refractivity (Wildman–Crippen MR) is 155 cm³/mol. The van der Waals surface area contributed by atoms with Gasteiger partial charge in [-0.15, -0.1) is 0 Å². The molecule has 5 rings (SSSR count). The fraction of sp³-hybridized carbons (Fsp3) is 0.500. The number of hydrogen-bond acceptors (Lipinski definition) is 7. The number of rotatable bonds is 12. The molecule has 0 bridgehead atoms. The third-order valence-corrected chi connectivity index (χ3v) is 8.79. The van der Waals surface area contributed by atoms with Crippen molar-refractivity contribution in [3.05, 3.63) is 65.1 Å². The Morgan fingerprint density at radius 1 is 1.05 bits per heavy atom. The molecule has 0 spiro atoms. The second kappa shape index (κ2) is 14.1. The van der Waals surface area contributed by atoms with Gasteiger partial charge >= 0.3 is 5.97 Å². The third kappa shape index (κ3) is 7.24. The number of piperidine rings is 1. The molecule has 1 atom stereocenters. The van der Waals surface area contributed by atoms with Crippen LogP contribution in [0.5, 0.6) is 11.5 Å². The van der Waals surface area contributed by atoms with Crippen molar-refractivity contribution < 1.29 is 41.7 Å². The second-order valence-electron chi connectivity index (χ2n) is 11.5. The number of carbonyl (C=O) groups is 1. The zero-order valence-electron chi connectivity index (χ0n) is 24.7. The van der Waals surface area contributed by atoms with Crippen LogP contribution in [0.2, 0.25) is 0 Å². The fourth-order valence-corrected chi connectivity index (χ4v) is 6.09. The van der Waals surface area contributed by atoms with Crippen molar-refractivity contribution in [1.82, 2.24) is 14.8 Å². The molecule has 2 aliphatic rings. The Hall–Kier alpha value is -3.48. The minimum atomic E-state index is -1.56. The molecule has 0 amide bonds. The van der Waals surface area contributed by atoms with E-state index in [-0.39, 0.29) is 25.2 Å². The number of methoxy groups -OCH3 is 1. The smallest absolute Gasteiger partial charge is 0.309 e. The highest BCUT2D eigenvalue weighted by Crippen LogP contribution is 2.42. The highest BCUT2D eigenvalue weighted by molar-refractivity contribution is 5.85. The SMILES string of the molecule is COc1ccc2ncc(CN3CCOCC3)c(C(F)CCC3(C(=O)O)CCN(CCOc4cc(F)c(F)c(F)c4)CC3)c2c1. The van der Waals surface area contributed by atoms with E-state index >= 15 is 4.39 Å². The zero-order valence-corrected chi connectivity index (χ0v) is 24.7. The van der Waals surface area contributed by atoms with Crippen molar-refractivity contribution in [2.24, 2.45) is 5.41 Å². The first-order chi connectivity index (χ1) is 21.2. The van der Waals surface area contributed by atoms with Gasteiger partial charge in [-0.05, 0) is 62.5 Å². The van der Waals surface area contributed by atoms with Gasteiger partial charge in [-0.2, -0.15) is 0 Å². The Bertz CT molecular complexity index is 1440. The molecule has 0 radical (unpaired) electrons. The summed E-state index contributed by atoms with van der Waals surface area (Å²) in [5.74, 6) is -4.71. The van der Waals surface area contributed by atoms with Crippen LogP contribution in [0, 0.1) is 22.9 Å². The summed E-state index contributed by atoms with van der Waals surface area (Å²) in [5.41, 5.74) is 0.837. The van der Waals surface area contributed by atoms with Gasteiger partial charge in [-0.3, -0.25) is 19.6 Å². The minimum absolute atomic E-state index is 0.0313. The molecule has 8 nitrogen and oxygen atoms in total. The first kappa shape index (κ1) is 31.9. The van der Waals surface area contributed by atoms with E-state index in [9.17, 15) is 23.1 Å². The Kier molecular flexibility index (Phi) is 10.2. The lowest BCUT2D eigenvalue weighted by molar-refractivity contribution is -0.153. The van der Waals surface area contributed by atoms with E-state index in [0.717, 1.165) is 30.8 Å². The number of carboxylic acids is 1. The van der Waals surface area contributed by atoms with Gasteiger partial charge in [-0.1, -0.05) is 0 Å². The maximum Gasteiger partial charge on any atom is 0.309 e. The summed E-state index contributed by atoms with van der Waals surface area (Å²) in [6.45, 7) is 4.54. The molecule has 1 unspecified atom stereocenters. The van der Waals surface area contributed by atoms with Gasteiger partial charge in [0.25, 0.3) is 0 Å². The number of hydrogen-bond donors (Lipinski definition) is 1. The van der Waals surface area contributed by atoms with E-state index in [0.29, 0.717) is 74.5 Å². The van der Waals surface area contributed by atoms with Crippen LogP contribution in [0.15, 0.2) is 36.5 Å². The quantitative estimate of drug-likeness (QED) is 0.209. The Labute approximate surface area is 253 Å². The van der Waals surface area contributed by atoms with Gasteiger partial charge in [-0.25, -0.2) is 17.6 Å². The summed E-state index contributed by atoms with van der Waals surface area (Å²) in [6.07, 6.45) is 1.13. The Morgan fingerprint density at radius 3 is 2.41 bits per heavy atom. The molecule has 1 aromatic heterocycles. The molecular formula is C32H37F4N3O5. The largest absolute Gasteiger partial charge is 0.497 e. The average Bonchev–Trinajstić information content (AvgIpc) is 3.03. The fourth-order valence-electron chi connectivity index (χ4n) is 6.09. The van der Waals surface area contributed by atoms with Gasteiger partial charge in [0.15, 0.2) is 17.5 Å². The van der Waals surface area contributed by atoms with Crippen LogP contribution in [0.4, 0.5) is 17.6 Å². The van der Waals surface area contributed by atoms with E-state index in [4.69, 9.17) is 14.2 Å². The number of carboxylic acid groups (broad SMARTS) is 1. The monoisotopic (exact) mass is 619 g/mol. The highest BCUT2D eigenvalue weighted by atomic mass is 19.2. The molecule has 12 heteroatoms. The lowest BCUT2D eigenvalue weighted by Crippen LogP contribution is -2.45. The highest BCUT2D eigenvalue weighted by Gasteiger charge is 2.42. The minimum Gasteiger partial charge on any atom is -0.497 e. The first-order valence-electron chi connectivity index (χ1n) is 14.8. The third-order valence-electron chi connectivity index (χ3n) is 8.79. The number of fused-ring (bicyclic) bond motifs is 1. The second-order valence-corrected chi connectivity index (χ2v) is 11.5. The van der Waals surface area contributed by atoms with Gasteiger partial charge in [0, 0.05) is 55.5 Å². The van der Waals surface area contributed by atoms with Crippen LogP contribution in [0.25, 0.3) is 10.9 Å². The van der Waals surface area contributed by atoms with Crippen molar-refractivity contribution in [2.45, 2.75) is 38.4 Å². The van der Waals surface area contributed by atoms with Crippen molar-refractivity contribution in [2.75, 3.05) is 59.7 Å². The van der Waals surface area contributed by atoms with Crippen LogP contribution in [-0.2, 0) is 16.1 Å². The van der Waals surface area contributed by atoms with Gasteiger partial charge < -0.3 is 19.3 Å². The summed E-state index contributed by atoms with van der Waals surface area (Å²) < 4.78 is 72.7. The molecule has 44 heavy (non-hydrogen) atoms. The summed E-state index contributed by atoms with van der Waals surface area (Å²) in [7, 11) is 1.55. The maximum atomic E-state index is 16.4. The Morgan fingerprint density at radius 2 is 1.75 bits per heavy atom. The molecule has 2 saturated heterocycles. The molecule has 3 heterocycles. The molecule has 0 saturated carbocycles. The van der Waals surface area contributed by atoms with Crippen molar-refractivity contribution in [1.29, 1.82) is 0 Å². The van der Waals surface area contributed by atoms with Crippen LogP contribution < -0.4 is 9.47 Å². The summed E-state index contributed by atoms with van der Waals surface area (Å²) in [4.78, 5) is 21.3. The number of benzene rings is 2. The molecule has 2 fully saturated rings. The lowest BCUT2D eigenvalue weighted by atomic mass is 9.74. The summed E-state index contributed by atoms with van der Waals surface area (Å²) in [5, 5.41) is 10.9. The first-order valence-corrected chi connectivity index (χ1v) is 14.8.